The molecule has 0 aliphatic heterocycles. The van der Waals surface area contributed by atoms with Crippen molar-refractivity contribution in [3.8, 4) is 21.9 Å². The molecule has 214 valence electrons. The van der Waals surface area contributed by atoms with E-state index in [1.165, 1.54) is 17.7 Å². The minimum Gasteiger partial charge on any atom is -0.453 e. The third-order valence-electron chi connectivity index (χ3n) is 6.37. The summed E-state index contributed by atoms with van der Waals surface area (Å²) in [6.45, 7) is 2.64. The number of thiocarbonyl (C=S) groups is 1. The summed E-state index contributed by atoms with van der Waals surface area (Å²) in [4.78, 5) is 17.8. The van der Waals surface area contributed by atoms with E-state index in [2.05, 4.69) is 50.5 Å². The summed E-state index contributed by atoms with van der Waals surface area (Å²) in [5.41, 5.74) is 4.33. The molecule has 2 heterocycles. The van der Waals surface area contributed by atoms with Gasteiger partial charge in [0.25, 0.3) is 0 Å². The number of benzene rings is 3. The van der Waals surface area contributed by atoms with Gasteiger partial charge in [0.1, 0.15) is 5.75 Å². The van der Waals surface area contributed by atoms with Crippen LogP contribution >= 0.6 is 23.6 Å². The molecule has 2 aromatic heterocycles. The normalized spacial score (nSPS) is 10.9. The first-order valence-corrected chi connectivity index (χ1v) is 14.7. The number of carbonyl (C=O) groups is 1. The second kappa shape index (κ2) is 14.1. The van der Waals surface area contributed by atoms with Gasteiger partial charge in [-0.15, -0.1) is 11.3 Å². The third kappa shape index (κ3) is 7.74. The van der Waals surface area contributed by atoms with Gasteiger partial charge in [0.05, 0.1) is 16.6 Å². The van der Waals surface area contributed by atoms with E-state index in [1.54, 1.807) is 29.7 Å². The standard InChI is InChI=1S/C32H30FN5O2S2/c1-34-15-16-35-20-22-7-9-23(10-8-22)29-19-26-31(42-29)28(13-14-36-26)40-27-12-11-24(18-25(27)33)37-32(41)38-30(39)17-21-5-3-2-4-6-21/h2-14,18-19,34-35H,15-17,20H2,1H3,(H2,37,38,39,41). The summed E-state index contributed by atoms with van der Waals surface area (Å²) >= 11 is 6.78. The minimum atomic E-state index is -0.570. The molecule has 7 nitrogen and oxygen atoms in total. The largest absolute Gasteiger partial charge is 0.453 e. The fraction of sp³-hybridized carbons (Fsp3) is 0.156. The lowest BCUT2D eigenvalue weighted by molar-refractivity contribution is -0.119. The van der Waals surface area contributed by atoms with Gasteiger partial charge in [-0.05, 0) is 54.2 Å². The van der Waals surface area contributed by atoms with Crippen molar-refractivity contribution >= 4 is 50.5 Å². The van der Waals surface area contributed by atoms with E-state index < -0.39 is 5.82 Å². The topological polar surface area (TPSA) is 87.3 Å². The molecule has 3 aromatic carbocycles. The van der Waals surface area contributed by atoms with E-state index in [1.807, 2.05) is 43.4 Å². The summed E-state index contributed by atoms with van der Waals surface area (Å²) in [5, 5.41) is 12.1. The lowest BCUT2D eigenvalue weighted by Gasteiger charge is -2.12. The Kier molecular flexibility index (Phi) is 9.83. The van der Waals surface area contributed by atoms with Crippen molar-refractivity contribution < 1.29 is 13.9 Å². The summed E-state index contributed by atoms with van der Waals surface area (Å²) in [5.74, 6) is -0.245. The predicted molar refractivity (Wildman–Crippen MR) is 172 cm³/mol. The number of halogens is 1. The molecule has 0 unspecified atom stereocenters. The van der Waals surface area contributed by atoms with Crippen LogP contribution in [0.15, 0.2) is 91.1 Å². The van der Waals surface area contributed by atoms with Crippen molar-refractivity contribution in [2.45, 2.75) is 13.0 Å². The number of nitrogens with one attached hydrogen (secondary N) is 4. The third-order valence-corrected chi connectivity index (χ3v) is 7.76. The number of amides is 1. The summed E-state index contributed by atoms with van der Waals surface area (Å²) in [6, 6.07) is 26.0. The Morgan fingerprint density at radius 1 is 0.952 bits per heavy atom. The van der Waals surface area contributed by atoms with Gasteiger partial charge in [-0.2, -0.15) is 0 Å². The number of ether oxygens (including phenoxy) is 1. The first kappa shape index (κ1) is 29.3. The van der Waals surface area contributed by atoms with Crippen LogP contribution in [0.4, 0.5) is 10.1 Å². The van der Waals surface area contributed by atoms with E-state index in [0.717, 1.165) is 45.9 Å². The van der Waals surface area contributed by atoms with E-state index in [0.29, 0.717) is 11.4 Å². The number of likely N-dealkylation sites (N-methyl/N-ethyl adjacent to an activating group) is 1. The Morgan fingerprint density at radius 2 is 1.76 bits per heavy atom. The summed E-state index contributed by atoms with van der Waals surface area (Å²) in [7, 11) is 1.94. The lowest BCUT2D eigenvalue weighted by atomic mass is 10.1. The highest BCUT2D eigenvalue weighted by Crippen LogP contribution is 2.39. The maximum atomic E-state index is 15.1. The van der Waals surface area contributed by atoms with E-state index in [-0.39, 0.29) is 23.2 Å². The molecule has 5 rings (SSSR count). The minimum absolute atomic E-state index is 0.0668. The van der Waals surface area contributed by atoms with Crippen molar-refractivity contribution in [2.75, 3.05) is 25.5 Å². The van der Waals surface area contributed by atoms with Gasteiger partial charge in [-0.25, -0.2) is 4.39 Å². The molecule has 0 saturated carbocycles. The van der Waals surface area contributed by atoms with Crippen molar-refractivity contribution in [1.29, 1.82) is 0 Å². The smallest absolute Gasteiger partial charge is 0.230 e. The Bertz CT molecular complexity index is 1680. The Balaban J connectivity index is 1.23. The molecule has 0 aliphatic rings. The maximum absolute atomic E-state index is 15.1. The van der Waals surface area contributed by atoms with E-state index >= 15 is 4.39 Å². The van der Waals surface area contributed by atoms with Crippen LogP contribution in [-0.4, -0.2) is 36.1 Å². The van der Waals surface area contributed by atoms with Crippen LogP contribution in [0.25, 0.3) is 20.7 Å². The molecule has 0 bridgehead atoms. The molecule has 0 fully saturated rings. The number of hydrogen-bond acceptors (Lipinski definition) is 7. The van der Waals surface area contributed by atoms with E-state index in [9.17, 15) is 4.79 Å². The van der Waals surface area contributed by atoms with Gasteiger partial charge in [0.2, 0.25) is 5.91 Å². The molecule has 0 radical (unpaired) electrons. The molecule has 1 amide bonds. The van der Waals surface area contributed by atoms with Gasteiger partial charge in [-0.3, -0.25) is 9.78 Å². The number of thiophene rings is 1. The quantitative estimate of drug-likeness (QED) is 0.105. The van der Waals surface area contributed by atoms with Crippen LogP contribution < -0.4 is 26.0 Å². The molecule has 10 heteroatoms. The number of fused-ring (bicyclic) bond motifs is 1. The molecule has 42 heavy (non-hydrogen) atoms. The monoisotopic (exact) mass is 599 g/mol. The van der Waals surface area contributed by atoms with Crippen LogP contribution in [0.2, 0.25) is 0 Å². The van der Waals surface area contributed by atoms with Crippen molar-refractivity contribution in [3.05, 3.63) is 108 Å². The van der Waals surface area contributed by atoms with Crippen molar-refractivity contribution in [3.63, 3.8) is 0 Å². The average molecular weight is 600 g/mol. The predicted octanol–water partition coefficient (Wildman–Crippen LogP) is 6.26. The van der Waals surface area contributed by atoms with Crippen LogP contribution in [-0.2, 0) is 17.8 Å². The van der Waals surface area contributed by atoms with Gasteiger partial charge in [-0.1, -0.05) is 54.6 Å². The Labute approximate surface area is 253 Å². The Morgan fingerprint density at radius 3 is 2.52 bits per heavy atom. The highest BCUT2D eigenvalue weighted by Gasteiger charge is 2.14. The molecular formula is C32H30FN5O2S2. The van der Waals surface area contributed by atoms with Crippen LogP contribution in [0.1, 0.15) is 11.1 Å². The zero-order valence-electron chi connectivity index (χ0n) is 22.9. The Hall–Kier alpha value is -4.22. The molecule has 0 aliphatic carbocycles. The van der Waals surface area contributed by atoms with Crippen LogP contribution in [0, 0.1) is 5.82 Å². The van der Waals surface area contributed by atoms with Gasteiger partial charge in [0, 0.05) is 48.5 Å². The summed E-state index contributed by atoms with van der Waals surface area (Å²) < 4.78 is 21.9. The number of pyridine rings is 1. The molecule has 0 spiro atoms. The molecule has 0 atom stereocenters. The molecule has 4 N–H and O–H groups in total. The number of aromatic nitrogens is 1. The van der Waals surface area contributed by atoms with Crippen LogP contribution in [0.5, 0.6) is 11.5 Å². The zero-order chi connectivity index (χ0) is 29.3. The average Bonchev–Trinajstić information content (AvgIpc) is 3.43. The molecular weight excluding hydrogens is 570 g/mol. The van der Waals surface area contributed by atoms with E-state index in [4.69, 9.17) is 17.0 Å². The second-order valence-electron chi connectivity index (χ2n) is 9.52. The van der Waals surface area contributed by atoms with Gasteiger partial charge >= 0.3 is 0 Å². The summed E-state index contributed by atoms with van der Waals surface area (Å²) in [6.07, 6.45) is 1.84. The first-order valence-electron chi connectivity index (χ1n) is 13.4. The molecule has 5 aromatic rings. The number of hydrogen-bond donors (Lipinski definition) is 4. The SMILES string of the molecule is CNCCNCc1ccc(-c2cc3nccc(Oc4ccc(NC(=S)NC(=O)Cc5ccccc5)cc4F)c3s2)cc1. The van der Waals surface area contributed by atoms with Crippen molar-refractivity contribution in [1.82, 2.24) is 20.9 Å². The number of carbonyl (C=O) groups excluding carboxylic acids is 1. The number of rotatable bonds is 11. The zero-order valence-corrected chi connectivity index (χ0v) is 24.6. The first-order chi connectivity index (χ1) is 20.5. The highest BCUT2D eigenvalue weighted by atomic mass is 32.1. The fourth-order valence-electron chi connectivity index (χ4n) is 4.26. The number of nitrogens with zero attached hydrogens (tertiary/aromatic N) is 1. The molecule has 0 saturated heterocycles. The second-order valence-corrected chi connectivity index (χ2v) is 11.0. The van der Waals surface area contributed by atoms with Crippen LogP contribution in [0.3, 0.4) is 0 Å². The fourth-order valence-corrected chi connectivity index (χ4v) is 5.57. The van der Waals surface area contributed by atoms with Crippen molar-refractivity contribution in [2.24, 2.45) is 0 Å². The maximum Gasteiger partial charge on any atom is 0.230 e. The van der Waals surface area contributed by atoms with Gasteiger partial charge < -0.3 is 26.0 Å². The highest BCUT2D eigenvalue weighted by molar-refractivity contribution is 7.80. The number of anilines is 1. The van der Waals surface area contributed by atoms with Gasteiger partial charge in [0.15, 0.2) is 16.7 Å². The lowest BCUT2D eigenvalue weighted by Crippen LogP contribution is -2.35.